The lowest BCUT2D eigenvalue weighted by molar-refractivity contribution is -0.134. The number of benzene rings is 1. The number of anilines is 1. The molecule has 0 aliphatic rings. The van der Waals surface area contributed by atoms with E-state index in [2.05, 4.69) is 21.4 Å². The van der Waals surface area contributed by atoms with Gasteiger partial charge in [0.15, 0.2) is 0 Å². The fourth-order valence-corrected chi connectivity index (χ4v) is 2.04. The van der Waals surface area contributed by atoms with E-state index in [1.807, 2.05) is 39.0 Å². The Labute approximate surface area is 117 Å². The molecule has 0 spiro atoms. The normalized spacial score (nSPS) is 10.3. The van der Waals surface area contributed by atoms with Crippen LogP contribution in [0.1, 0.15) is 16.8 Å². The summed E-state index contributed by atoms with van der Waals surface area (Å²) >= 11 is 0. The van der Waals surface area contributed by atoms with Crippen LogP contribution in [0.4, 0.5) is 5.95 Å². The van der Waals surface area contributed by atoms with Crippen molar-refractivity contribution >= 4 is 11.9 Å². The van der Waals surface area contributed by atoms with E-state index in [9.17, 15) is 4.79 Å². The molecule has 1 heterocycles. The van der Waals surface area contributed by atoms with Crippen LogP contribution < -0.4 is 5.32 Å². The maximum absolute atomic E-state index is 10.6. The number of nitrogens with one attached hydrogen (secondary N) is 1. The van der Waals surface area contributed by atoms with Gasteiger partial charge in [-0.3, -0.25) is 4.79 Å². The molecule has 2 N–H and O–H groups in total. The van der Waals surface area contributed by atoms with Crippen molar-refractivity contribution in [3.8, 4) is 11.3 Å². The Balaban J connectivity index is 2.38. The predicted octanol–water partition coefficient (Wildman–Crippen LogP) is 2.57. The molecule has 0 amide bonds. The number of aliphatic carboxylic acids is 1. The van der Waals surface area contributed by atoms with E-state index in [0.717, 1.165) is 22.5 Å². The van der Waals surface area contributed by atoms with Gasteiger partial charge in [-0.25, -0.2) is 9.97 Å². The first-order chi connectivity index (χ1) is 9.45. The molecular formula is C15H17N3O2. The number of carbonyl (C=O) groups is 1. The Hall–Kier alpha value is -2.43. The molecule has 1 aromatic heterocycles. The first kappa shape index (κ1) is 14.0. The van der Waals surface area contributed by atoms with Gasteiger partial charge >= 0.3 is 5.97 Å². The molecule has 0 aliphatic carbocycles. The lowest BCUT2D eigenvalue weighted by Gasteiger charge is -2.09. The molecule has 0 aliphatic heterocycles. The van der Waals surface area contributed by atoms with Crippen LogP contribution in [-0.4, -0.2) is 27.6 Å². The summed E-state index contributed by atoms with van der Waals surface area (Å²) in [5, 5.41) is 11.4. The van der Waals surface area contributed by atoms with E-state index in [-0.39, 0.29) is 6.54 Å². The number of nitrogens with zero attached hydrogens (tertiary/aromatic N) is 2. The predicted molar refractivity (Wildman–Crippen MR) is 77.8 cm³/mol. The van der Waals surface area contributed by atoms with Gasteiger partial charge in [0, 0.05) is 11.3 Å². The van der Waals surface area contributed by atoms with E-state index in [1.165, 1.54) is 5.56 Å². The fourth-order valence-electron chi connectivity index (χ4n) is 2.04. The fraction of sp³-hybridized carbons (Fsp3) is 0.267. The monoisotopic (exact) mass is 271 g/mol. The number of hydrogen-bond donors (Lipinski definition) is 2. The second-order valence-corrected chi connectivity index (χ2v) is 4.78. The first-order valence-corrected chi connectivity index (χ1v) is 6.34. The van der Waals surface area contributed by atoms with Crippen molar-refractivity contribution in [1.29, 1.82) is 0 Å². The van der Waals surface area contributed by atoms with Crippen LogP contribution >= 0.6 is 0 Å². The molecule has 5 nitrogen and oxygen atoms in total. The molecule has 104 valence electrons. The topological polar surface area (TPSA) is 75.1 Å². The quantitative estimate of drug-likeness (QED) is 0.894. The van der Waals surface area contributed by atoms with Crippen LogP contribution in [0.25, 0.3) is 11.3 Å². The summed E-state index contributed by atoms with van der Waals surface area (Å²) in [5.41, 5.74) is 4.94. The molecule has 0 radical (unpaired) electrons. The lowest BCUT2D eigenvalue weighted by Crippen LogP contribution is -2.14. The average molecular weight is 271 g/mol. The van der Waals surface area contributed by atoms with E-state index < -0.39 is 5.97 Å². The number of rotatable bonds is 4. The number of carboxylic acids is 1. The van der Waals surface area contributed by atoms with E-state index in [0.29, 0.717) is 5.95 Å². The minimum Gasteiger partial charge on any atom is -0.480 e. The Morgan fingerprint density at radius 2 is 1.95 bits per heavy atom. The third kappa shape index (κ3) is 3.32. The molecule has 2 rings (SSSR count). The summed E-state index contributed by atoms with van der Waals surface area (Å²) in [6, 6.07) is 8.04. The zero-order chi connectivity index (χ0) is 14.7. The van der Waals surface area contributed by atoms with Gasteiger partial charge in [0.1, 0.15) is 6.54 Å². The SMILES string of the molecule is Cc1ccc(-c2cc(C)nc(NCC(=O)O)n2)c(C)c1. The third-order valence-corrected chi connectivity index (χ3v) is 2.91. The highest BCUT2D eigenvalue weighted by atomic mass is 16.4. The molecule has 1 aromatic carbocycles. The van der Waals surface area contributed by atoms with Crippen LogP contribution in [0.5, 0.6) is 0 Å². The molecular weight excluding hydrogens is 254 g/mol. The summed E-state index contributed by atoms with van der Waals surface area (Å²) in [5.74, 6) is -0.606. The van der Waals surface area contributed by atoms with Crippen molar-refractivity contribution in [2.24, 2.45) is 0 Å². The Morgan fingerprint density at radius 1 is 1.20 bits per heavy atom. The molecule has 5 heteroatoms. The largest absolute Gasteiger partial charge is 0.480 e. The number of carboxylic acid groups (broad SMARTS) is 1. The van der Waals surface area contributed by atoms with Crippen molar-refractivity contribution in [1.82, 2.24) is 9.97 Å². The van der Waals surface area contributed by atoms with Crippen LogP contribution in [-0.2, 0) is 4.79 Å². The molecule has 0 atom stereocenters. The smallest absolute Gasteiger partial charge is 0.322 e. The zero-order valence-corrected chi connectivity index (χ0v) is 11.8. The van der Waals surface area contributed by atoms with Crippen LogP contribution in [0.3, 0.4) is 0 Å². The molecule has 0 saturated heterocycles. The lowest BCUT2D eigenvalue weighted by atomic mass is 10.0. The van der Waals surface area contributed by atoms with Crippen molar-refractivity contribution < 1.29 is 9.90 Å². The maximum atomic E-state index is 10.6. The minimum atomic E-state index is -0.942. The zero-order valence-electron chi connectivity index (χ0n) is 11.8. The van der Waals surface area contributed by atoms with E-state index in [4.69, 9.17) is 5.11 Å². The van der Waals surface area contributed by atoms with Crippen LogP contribution in [0.15, 0.2) is 24.3 Å². The van der Waals surface area contributed by atoms with Crippen LogP contribution in [0.2, 0.25) is 0 Å². The van der Waals surface area contributed by atoms with Gasteiger partial charge in [-0.15, -0.1) is 0 Å². The Kier molecular flexibility index (Phi) is 3.98. The Bertz CT molecular complexity index is 654. The van der Waals surface area contributed by atoms with Gasteiger partial charge in [-0.1, -0.05) is 23.8 Å². The van der Waals surface area contributed by atoms with Gasteiger partial charge in [0.25, 0.3) is 0 Å². The second kappa shape index (κ2) is 5.69. The number of aromatic nitrogens is 2. The highest BCUT2D eigenvalue weighted by Crippen LogP contribution is 2.23. The molecule has 0 unspecified atom stereocenters. The van der Waals surface area contributed by atoms with Crippen molar-refractivity contribution in [2.75, 3.05) is 11.9 Å². The van der Waals surface area contributed by atoms with Crippen molar-refractivity contribution in [2.45, 2.75) is 20.8 Å². The van der Waals surface area contributed by atoms with Gasteiger partial charge in [0.05, 0.1) is 5.69 Å². The maximum Gasteiger partial charge on any atom is 0.322 e. The molecule has 2 aromatic rings. The summed E-state index contributed by atoms with van der Waals surface area (Å²) in [6.45, 7) is 5.74. The summed E-state index contributed by atoms with van der Waals surface area (Å²) in [6.07, 6.45) is 0. The molecule has 0 saturated carbocycles. The van der Waals surface area contributed by atoms with Crippen molar-refractivity contribution in [3.63, 3.8) is 0 Å². The third-order valence-electron chi connectivity index (χ3n) is 2.91. The summed E-state index contributed by atoms with van der Waals surface area (Å²) < 4.78 is 0. The second-order valence-electron chi connectivity index (χ2n) is 4.78. The minimum absolute atomic E-state index is 0.199. The van der Waals surface area contributed by atoms with Gasteiger partial charge in [-0.2, -0.15) is 0 Å². The highest BCUT2D eigenvalue weighted by Gasteiger charge is 2.08. The highest BCUT2D eigenvalue weighted by molar-refractivity contribution is 5.72. The number of aryl methyl sites for hydroxylation is 3. The standard InChI is InChI=1S/C15H17N3O2/c1-9-4-5-12(10(2)6-9)13-7-11(3)17-15(18-13)16-8-14(19)20/h4-7H,8H2,1-3H3,(H,19,20)(H,16,17,18). The van der Waals surface area contributed by atoms with E-state index in [1.54, 1.807) is 0 Å². The summed E-state index contributed by atoms with van der Waals surface area (Å²) in [4.78, 5) is 19.2. The van der Waals surface area contributed by atoms with Gasteiger partial charge < -0.3 is 10.4 Å². The average Bonchev–Trinajstić information content (AvgIpc) is 2.35. The van der Waals surface area contributed by atoms with Gasteiger partial charge in [-0.05, 0) is 32.4 Å². The molecule has 20 heavy (non-hydrogen) atoms. The first-order valence-electron chi connectivity index (χ1n) is 6.34. The summed E-state index contributed by atoms with van der Waals surface area (Å²) in [7, 11) is 0. The van der Waals surface area contributed by atoms with Gasteiger partial charge in [0.2, 0.25) is 5.95 Å². The number of hydrogen-bond acceptors (Lipinski definition) is 4. The molecule has 0 fully saturated rings. The van der Waals surface area contributed by atoms with Crippen molar-refractivity contribution in [3.05, 3.63) is 41.1 Å². The Morgan fingerprint density at radius 3 is 2.60 bits per heavy atom. The van der Waals surface area contributed by atoms with E-state index >= 15 is 0 Å². The van der Waals surface area contributed by atoms with Crippen LogP contribution in [0, 0.1) is 20.8 Å². The molecule has 0 bridgehead atoms.